The molecule has 0 heterocycles. The maximum Gasteiger partial charge on any atom is 0.209 e. The molecule has 0 aromatic rings. The van der Waals surface area contributed by atoms with Gasteiger partial charge in [-0.15, -0.1) is 0 Å². The van der Waals surface area contributed by atoms with E-state index in [4.69, 9.17) is 10.2 Å². The monoisotopic (exact) mass is 206 g/mol. The number of ketones is 2. The van der Waals surface area contributed by atoms with Crippen LogP contribution in [0.4, 0.5) is 0 Å². The van der Waals surface area contributed by atoms with Crippen LogP contribution in [-0.2, 0) is 9.59 Å². The average molecular weight is 206 g/mol. The van der Waals surface area contributed by atoms with Crippen LogP contribution in [0.2, 0.25) is 0 Å². The number of hydrogen-bond donors (Lipinski definition) is 4. The van der Waals surface area contributed by atoms with Gasteiger partial charge < -0.3 is 20.4 Å². The van der Waals surface area contributed by atoms with Gasteiger partial charge in [0, 0.05) is 0 Å². The van der Waals surface area contributed by atoms with Crippen LogP contribution in [0.15, 0.2) is 0 Å². The Kier molecular flexibility index (Phi) is 4.34. The fourth-order valence-electron chi connectivity index (χ4n) is 1.04. The minimum absolute atomic E-state index is 0.857. The van der Waals surface area contributed by atoms with Crippen molar-refractivity contribution in [1.82, 2.24) is 0 Å². The fraction of sp³-hybridized carbons (Fsp3) is 0.750. The van der Waals surface area contributed by atoms with Gasteiger partial charge in [0.25, 0.3) is 0 Å². The molecule has 0 fully saturated rings. The third-order valence-corrected chi connectivity index (χ3v) is 2.05. The first-order valence-electron chi connectivity index (χ1n) is 3.99. The SMILES string of the molecule is CC(=O)C(O)(C(C)=O)[C@@H](O)[C@H](O)CO. The normalized spacial score (nSPS) is 16.1. The van der Waals surface area contributed by atoms with Gasteiger partial charge in [-0.05, 0) is 13.8 Å². The molecule has 0 radical (unpaired) electrons. The van der Waals surface area contributed by atoms with Gasteiger partial charge in [0.1, 0.15) is 12.2 Å². The van der Waals surface area contributed by atoms with Crippen LogP contribution in [-0.4, -0.2) is 56.4 Å². The number of carbonyl (C=O) groups excluding carboxylic acids is 2. The Morgan fingerprint density at radius 1 is 1.21 bits per heavy atom. The smallest absolute Gasteiger partial charge is 0.209 e. The highest BCUT2D eigenvalue weighted by Crippen LogP contribution is 2.16. The second-order valence-electron chi connectivity index (χ2n) is 3.07. The van der Waals surface area contributed by atoms with E-state index in [1.54, 1.807) is 0 Å². The Morgan fingerprint density at radius 2 is 1.57 bits per heavy atom. The van der Waals surface area contributed by atoms with Crippen molar-refractivity contribution in [3.05, 3.63) is 0 Å². The molecule has 0 amide bonds. The quantitative estimate of drug-likeness (QED) is 0.373. The molecule has 0 aliphatic heterocycles. The van der Waals surface area contributed by atoms with Crippen molar-refractivity contribution in [3.63, 3.8) is 0 Å². The first-order valence-corrected chi connectivity index (χ1v) is 3.99. The summed E-state index contributed by atoms with van der Waals surface area (Å²) < 4.78 is 0. The van der Waals surface area contributed by atoms with Crippen LogP contribution in [0.1, 0.15) is 13.8 Å². The second kappa shape index (κ2) is 4.61. The molecule has 6 heteroatoms. The summed E-state index contributed by atoms with van der Waals surface area (Å²) in [7, 11) is 0. The van der Waals surface area contributed by atoms with Gasteiger partial charge in [0.15, 0.2) is 11.6 Å². The van der Waals surface area contributed by atoms with Crippen LogP contribution in [0.3, 0.4) is 0 Å². The number of rotatable bonds is 5. The summed E-state index contributed by atoms with van der Waals surface area (Å²) in [6.07, 6.45) is -3.77. The van der Waals surface area contributed by atoms with E-state index in [2.05, 4.69) is 0 Å². The lowest BCUT2D eigenvalue weighted by Gasteiger charge is -2.30. The van der Waals surface area contributed by atoms with Crippen molar-refractivity contribution in [2.75, 3.05) is 6.61 Å². The molecular formula is C8H14O6. The Balaban J connectivity index is 5.02. The minimum atomic E-state index is -2.65. The van der Waals surface area contributed by atoms with E-state index in [0.29, 0.717) is 0 Å². The zero-order valence-electron chi connectivity index (χ0n) is 7.97. The largest absolute Gasteiger partial charge is 0.394 e. The predicted molar refractivity (Wildman–Crippen MR) is 45.4 cm³/mol. The van der Waals surface area contributed by atoms with Crippen molar-refractivity contribution >= 4 is 11.6 Å². The molecule has 0 aliphatic carbocycles. The van der Waals surface area contributed by atoms with Crippen LogP contribution in [0.5, 0.6) is 0 Å². The third kappa shape index (κ3) is 2.16. The zero-order valence-corrected chi connectivity index (χ0v) is 7.97. The summed E-state index contributed by atoms with van der Waals surface area (Å²) in [5.74, 6) is -1.96. The lowest BCUT2D eigenvalue weighted by molar-refractivity contribution is -0.172. The van der Waals surface area contributed by atoms with Crippen LogP contribution in [0.25, 0.3) is 0 Å². The van der Waals surface area contributed by atoms with E-state index in [9.17, 15) is 19.8 Å². The maximum atomic E-state index is 10.9. The Bertz CT molecular complexity index is 222. The van der Waals surface area contributed by atoms with E-state index in [1.807, 2.05) is 0 Å². The summed E-state index contributed by atoms with van der Waals surface area (Å²) in [5, 5.41) is 36.3. The predicted octanol–water partition coefficient (Wildman–Crippen LogP) is -2.39. The molecule has 0 saturated carbocycles. The highest BCUT2D eigenvalue weighted by Gasteiger charge is 2.48. The number of carbonyl (C=O) groups is 2. The minimum Gasteiger partial charge on any atom is -0.394 e. The summed E-state index contributed by atoms with van der Waals surface area (Å²) in [6, 6.07) is 0. The maximum absolute atomic E-state index is 10.9. The lowest BCUT2D eigenvalue weighted by Crippen LogP contribution is -2.59. The summed E-state index contributed by atoms with van der Waals surface area (Å²) in [6.45, 7) is 0.966. The molecule has 0 unspecified atom stereocenters. The van der Waals surface area contributed by atoms with Crippen molar-refractivity contribution in [2.24, 2.45) is 0 Å². The van der Waals surface area contributed by atoms with Crippen molar-refractivity contribution in [1.29, 1.82) is 0 Å². The van der Waals surface area contributed by atoms with Gasteiger partial charge in [0.05, 0.1) is 6.61 Å². The third-order valence-electron chi connectivity index (χ3n) is 2.05. The molecule has 0 rings (SSSR count). The van der Waals surface area contributed by atoms with Gasteiger partial charge in [-0.2, -0.15) is 0 Å². The lowest BCUT2D eigenvalue weighted by atomic mass is 9.85. The molecule has 2 atom stereocenters. The topological polar surface area (TPSA) is 115 Å². The van der Waals surface area contributed by atoms with Crippen molar-refractivity contribution in [3.8, 4) is 0 Å². The Morgan fingerprint density at radius 3 is 1.79 bits per heavy atom. The highest BCUT2D eigenvalue weighted by molar-refractivity contribution is 6.08. The second-order valence-corrected chi connectivity index (χ2v) is 3.07. The molecule has 0 saturated heterocycles. The molecule has 82 valence electrons. The van der Waals surface area contributed by atoms with E-state index >= 15 is 0 Å². The molecule has 0 bridgehead atoms. The molecule has 6 nitrogen and oxygen atoms in total. The van der Waals surface area contributed by atoms with Crippen LogP contribution >= 0.6 is 0 Å². The summed E-state index contributed by atoms with van der Waals surface area (Å²) in [5.41, 5.74) is -2.65. The zero-order chi connectivity index (χ0) is 11.5. The molecule has 14 heavy (non-hydrogen) atoms. The summed E-state index contributed by atoms with van der Waals surface area (Å²) in [4.78, 5) is 21.9. The number of aliphatic hydroxyl groups excluding tert-OH is 3. The number of aliphatic hydroxyl groups is 4. The van der Waals surface area contributed by atoms with Gasteiger partial charge in [-0.25, -0.2) is 0 Å². The number of hydrogen-bond acceptors (Lipinski definition) is 6. The van der Waals surface area contributed by atoms with Gasteiger partial charge in [-0.3, -0.25) is 9.59 Å². The Labute approximate surface area is 80.8 Å². The molecule has 4 N–H and O–H groups in total. The number of Topliss-reactive ketones (excluding diaryl/α,β-unsaturated/α-hetero) is 2. The highest BCUT2D eigenvalue weighted by atomic mass is 16.4. The molecule has 0 aromatic heterocycles. The van der Waals surface area contributed by atoms with E-state index in [1.165, 1.54) is 0 Å². The van der Waals surface area contributed by atoms with E-state index in [0.717, 1.165) is 13.8 Å². The standard InChI is InChI=1S/C8H14O6/c1-4(10)8(14,5(2)11)7(13)6(12)3-9/h6-7,9,12-14H,3H2,1-2H3/t6-,7+/m1/s1. The van der Waals surface area contributed by atoms with Gasteiger partial charge in [-0.1, -0.05) is 0 Å². The van der Waals surface area contributed by atoms with E-state index < -0.39 is 36.0 Å². The molecular weight excluding hydrogens is 192 g/mol. The molecule has 0 aliphatic rings. The van der Waals surface area contributed by atoms with Crippen LogP contribution < -0.4 is 0 Å². The average Bonchev–Trinajstić information content (AvgIpc) is 2.13. The van der Waals surface area contributed by atoms with Crippen molar-refractivity contribution in [2.45, 2.75) is 31.7 Å². The first-order chi connectivity index (χ1) is 6.28. The van der Waals surface area contributed by atoms with Crippen molar-refractivity contribution < 1.29 is 30.0 Å². The van der Waals surface area contributed by atoms with Crippen LogP contribution in [0, 0.1) is 0 Å². The molecule has 0 spiro atoms. The Hall–Kier alpha value is -0.820. The molecule has 0 aromatic carbocycles. The van der Waals surface area contributed by atoms with E-state index in [-0.39, 0.29) is 0 Å². The first kappa shape index (κ1) is 13.2. The van der Waals surface area contributed by atoms with Gasteiger partial charge in [0.2, 0.25) is 5.60 Å². The van der Waals surface area contributed by atoms with Gasteiger partial charge >= 0.3 is 0 Å². The fourth-order valence-corrected chi connectivity index (χ4v) is 1.04. The summed E-state index contributed by atoms with van der Waals surface area (Å²) >= 11 is 0.